The van der Waals surface area contributed by atoms with Gasteiger partial charge in [0, 0.05) is 12.3 Å². The Bertz CT molecular complexity index is 444. The van der Waals surface area contributed by atoms with E-state index in [0.717, 1.165) is 6.42 Å². The molecule has 0 spiro atoms. The maximum absolute atomic E-state index is 11.2. The molecule has 0 aliphatic heterocycles. The van der Waals surface area contributed by atoms with Crippen LogP contribution in [-0.2, 0) is 19.1 Å². The van der Waals surface area contributed by atoms with Gasteiger partial charge in [0.05, 0.1) is 7.11 Å². The lowest BCUT2D eigenvalue weighted by molar-refractivity contribution is -0.142. The fourth-order valence-electron chi connectivity index (χ4n) is 3.32. The molecule has 0 aromatic heterocycles. The topological polar surface area (TPSA) is 86.5 Å². The first kappa shape index (κ1) is 30.7. The van der Waals surface area contributed by atoms with Crippen LogP contribution in [-0.4, -0.2) is 30.8 Å². The molecule has 0 aromatic rings. The number of hydrogen-bond acceptors (Lipinski definition) is 5. The average Bonchev–Trinajstić information content (AvgIpc) is 2.75. The molecule has 0 heterocycles. The molecular weight excluding hydrogens is 378 g/mol. The minimum atomic E-state index is -0.444. The van der Waals surface area contributed by atoms with Crippen molar-refractivity contribution in [2.45, 2.75) is 123 Å². The molecule has 2 N–H and O–H groups in total. The summed E-state index contributed by atoms with van der Waals surface area (Å²) in [5.74, 6) is 1.90. The predicted molar refractivity (Wildman–Crippen MR) is 125 cm³/mol. The largest absolute Gasteiger partial charge is 0.468 e. The Morgan fingerprint density at radius 3 is 1.73 bits per heavy atom. The third-order valence-corrected chi connectivity index (χ3v) is 5.54. The lowest BCUT2D eigenvalue weighted by atomic mass is 9.80. The number of rotatable bonds is 15. The van der Waals surface area contributed by atoms with Crippen molar-refractivity contribution in [2.24, 2.45) is 11.7 Å². The number of esters is 1. The average molecular weight is 426 g/mol. The molecule has 0 saturated heterocycles. The summed E-state index contributed by atoms with van der Waals surface area (Å²) >= 11 is 0. The van der Waals surface area contributed by atoms with Gasteiger partial charge in [-0.25, -0.2) is 4.79 Å². The van der Waals surface area contributed by atoms with Gasteiger partial charge in [0.25, 0.3) is 0 Å². The van der Waals surface area contributed by atoms with Gasteiger partial charge in [0.1, 0.15) is 17.8 Å². The van der Waals surface area contributed by atoms with E-state index in [0.29, 0.717) is 18.1 Å². The summed E-state index contributed by atoms with van der Waals surface area (Å²) in [5.41, 5.74) is 5.25. The zero-order chi connectivity index (χ0) is 23.0. The van der Waals surface area contributed by atoms with Crippen molar-refractivity contribution in [3.63, 3.8) is 0 Å². The molecule has 2 atom stereocenters. The van der Waals surface area contributed by atoms with Crippen LogP contribution in [0.1, 0.15) is 117 Å². The van der Waals surface area contributed by atoms with Crippen molar-refractivity contribution in [3.8, 4) is 0 Å². The molecule has 30 heavy (non-hydrogen) atoms. The minimum absolute atomic E-state index is 0.340. The van der Waals surface area contributed by atoms with Crippen LogP contribution in [0.4, 0.5) is 0 Å². The summed E-state index contributed by atoms with van der Waals surface area (Å²) in [6.07, 6.45) is 20.7. The number of carbonyl (C=O) groups is 2. The summed E-state index contributed by atoms with van der Waals surface area (Å²) < 4.78 is 4.34. The zero-order valence-electron chi connectivity index (χ0n) is 19.9. The molecule has 1 aliphatic carbocycles. The van der Waals surface area contributed by atoms with Crippen LogP contribution >= 0.6 is 0 Å². The van der Waals surface area contributed by atoms with Gasteiger partial charge >= 0.3 is 5.97 Å². The molecule has 0 aromatic carbocycles. The number of carbonyl (C=O) groups excluding carboxylic acids is 3. The van der Waals surface area contributed by atoms with E-state index in [-0.39, 0.29) is 5.97 Å². The van der Waals surface area contributed by atoms with Gasteiger partial charge in [-0.05, 0) is 25.8 Å². The third-order valence-electron chi connectivity index (χ3n) is 5.54. The second kappa shape index (κ2) is 23.8. The van der Waals surface area contributed by atoms with Crippen molar-refractivity contribution < 1.29 is 19.1 Å². The number of hydrogen-bond donors (Lipinski definition) is 1. The quantitative estimate of drug-likeness (QED) is 0.199. The van der Waals surface area contributed by atoms with Gasteiger partial charge in [0.15, 0.2) is 0 Å². The SMILES string of the molecule is C=C=O.CCC(N)C(=O)OC.CCCCCCCCCCCCCCC1CCC1=O. The summed E-state index contributed by atoms with van der Waals surface area (Å²) in [4.78, 5) is 30.1. The Balaban J connectivity index is 0. The Hall–Kier alpha value is -1.45. The molecule has 1 rings (SSSR count). The van der Waals surface area contributed by atoms with Gasteiger partial charge in [0.2, 0.25) is 0 Å². The van der Waals surface area contributed by atoms with E-state index >= 15 is 0 Å². The molecular formula is C25H47NO4. The summed E-state index contributed by atoms with van der Waals surface area (Å²) in [5, 5.41) is 0. The normalized spacial score (nSPS) is 15.5. The molecule has 176 valence electrons. The molecule has 0 amide bonds. The number of unbranched alkanes of at least 4 members (excludes halogenated alkanes) is 11. The van der Waals surface area contributed by atoms with Crippen molar-refractivity contribution >= 4 is 17.7 Å². The molecule has 1 aliphatic rings. The van der Waals surface area contributed by atoms with E-state index < -0.39 is 6.04 Å². The van der Waals surface area contributed by atoms with Crippen LogP contribution in [0, 0.1) is 5.92 Å². The molecule has 1 fully saturated rings. The Morgan fingerprint density at radius 2 is 1.47 bits per heavy atom. The summed E-state index contributed by atoms with van der Waals surface area (Å²) in [7, 11) is 1.33. The number of ether oxygens (including phenoxy) is 1. The second-order valence-electron chi connectivity index (χ2n) is 8.06. The van der Waals surface area contributed by atoms with Gasteiger partial charge in [-0.2, -0.15) is 0 Å². The summed E-state index contributed by atoms with van der Waals surface area (Å²) in [6, 6.07) is -0.444. The fraction of sp³-hybridized carbons (Fsp3) is 0.840. The van der Waals surface area contributed by atoms with E-state index in [1.54, 1.807) is 0 Å². The smallest absolute Gasteiger partial charge is 0.322 e. The highest BCUT2D eigenvalue weighted by atomic mass is 16.5. The maximum Gasteiger partial charge on any atom is 0.322 e. The Morgan fingerprint density at radius 1 is 1.03 bits per heavy atom. The highest BCUT2D eigenvalue weighted by Gasteiger charge is 2.26. The number of ketones is 1. The lowest BCUT2D eigenvalue weighted by Crippen LogP contribution is -2.30. The second-order valence-corrected chi connectivity index (χ2v) is 8.06. The van der Waals surface area contributed by atoms with Gasteiger partial charge in [-0.1, -0.05) is 90.9 Å². The minimum Gasteiger partial charge on any atom is -0.468 e. The van der Waals surface area contributed by atoms with E-state index in [9.17, 15) is 9.59 Å². The van der Waals surface area contributed by atoms with Crippen molar-refractivity contribution in [2.75, 3.05) is 7.11 Å². The first-order chi connectivity index (χ1) is 14.5. The fourth-order valence-corrected chi connectivity index (χ4v) is 3.32. The van der Waals surface area contributed by atoms with Crippen LogP contribution in [0.3, 0.4) is 0 Å². The van der Waals surface area contributed by atoms with E-state index in [1.165, 1.54) is 103 Å². The third kappa shape index (κ3) is 19.8. The Kier molecular flexibility index (Phi) is 24.4. The van der Waals surface area contributed by atoms with Crippen molar-refractivity contribution in [1.82, 2.24) is 0 Å². The molecule has 1 saturated carbocycles. The molecule has 2 unspecified atom stereocenters. The first-order valence-electron chi connectivity index (χ1n) is 12.0. The van der Waals surface area contributed by atoms with Crippen LogP contribution in [0.5, 0.6) is 0 Å². The predicted octanol–water partition coefficient (Wildman–Crippen LogP) is 5.96. The van der Waals surface area contributed by atoms with E-state index in [4.69, 9.17) is 10.5 Å². The maximum atomic E-state index is 11.2. The number of methoxy groups -OCH3 is 1. The van der Waals surface area contributed by atoms with Crippen LogP contribution in [0.15, 0.2) is 6.58 Å². The van der Waals surface area contributed by atoms with Gasteiger partial charge in [-0.3, -0.25) is 9.59 Å². The highest BCUT2D eigenvalue weighted by molar-refractivity contribution is 5.86. The number of nitrogens with two attached hydrogens (primary N) is 1. The zero-order valence-corrected chi connectivity index (χ0v) is 19.9. The van der Waals surface area contributed by atoms with Crippen LogP contribution in [0.25, 0.3) is 0 Å². The summed E-state index contributed by atoms with van der Waals surface area (Å²) in [6.45, 7) is 6.79. The van der Waals surface area contributed by atoms with E-state index in [1.807, 2.05) is 6.92 Å². The Labute approximate surface area is 185 Å². The highest BCUT2D eigenvalue weighted by Crippen LogP contribution is 2.27. The lowest BCUT2D eigenvalue weighted by Gasteiger charge is -2.23. The van der Waals surface area contributed by atoms with E-state index in [2.05, 4.69) is 18.2 Å². The van der Waals surface area contributed by atoms with Crippen molar-refractivity contribution in [1.29, 1.82) is 0 Å². The van der Waals surface area contributed by atoms with Gasteiger partial charge in [-0.15, -0.1) is 0 Å². The van der Waals surface area contributed by atoms with Crippen molar-refractivity contribution in [3.05, 3.63) is 6.58 Å². The first-order valence-corrected chi connectivity index (χ1v) is 12.0. The monoisotopic (exact) mass is 425 g/mol. The molecule has 0 radical (unpaired) electrons. The standard InChI is InChI=1S/C18H34O.C5H11NO2.C2H2O/c1-2-3-4-5-6-7-8-9-10-11-12-13-14-17-15-16-18(17)19;1-3-4(6)5(7)8-2;1-2-3/h17H,2-16H2,1H3;4H,3,6H2,1-2H3;1H2. The molecule has 5 heteroatoms. The molecule has 0 bridgehead atoms. The van der Waals surface area contributed by atoms with Gasteiger partial charge < -0.3 is 10.5 Å². The molecule has 5 nitrogen and oxygen atoms in total. The van der Waals surface area contributed by atoms with Crippen LogP contribution in [0.2, 0.25) is 0 Å². The van der Waals surface area contributed by atoms with Crippen LogP contribution < -0.4 is 5.73 Å². The number of Topliss-reactive ketones (excluding diaryl/α,β-unsaturated/α-hetero) is 1.